The maximum atomic E-state index is 11.1. The molecular weight excluding hydrogens is 278 g/mol. The van der Waals surface area contributed by atoms with E-state index in [1.54, 1.807) is 12.1 Å². The third kappa shape index (κ3) is 3.37. The molecule has 0 saturated heterocycles. The topological polar surface area (TPSA) is 60.1 Å². The minimum Gasteiger partial charge on any atom is -0.346 e. The van der Waals surface area contributed by atoms with Gasteiger partial charge in [-0.2, -0.15) is 0 Å². The molecule has 106 valence electrons. The van der Waals surface area contributed by atoms with Crippen LogP contribution in [0, 0.1) is 10.1 Å². The number of hydrogen-bond donors (Lipinski definition) is 1. The van der Waals surface area contributed by atoms with E-state index in [0.717, 1.165) is 18.8 Å². The first-order valence-electron chi connectivity index (χ1n) is 6.39. The van der Waals surface area contributed by atoms with Crippen LogP contribution in [0.3, 0.4) is 0 Å². The summed E-state index contributed by atoms with van der Waals surface area (Å²) in [6.45, 7) is 4.08. The van der Waals surface area contributed by atoms with Gasteiger partial charge in [0.1, 0.15) is 0 Å². The zero-order valence-corrected chi connectivity index (χ0v) is 11.9. The number of halogens is 1. The van der Waals surface area contributed by atoms with Crippen molar-refractivity contribution < 1.29 is 4.92 Å². The second-order valence-electron chi connectivity index (χ2n) is 4.44. The highest BCUT2D eigenvalue weighted by Gasteiger charge is 2.15. The minimum atomic E-state index is -0.376. The molecule has 0 saturated carbocycles. The summed E-state index contributed by atoms with van der Waals surface area (Å²) in [6, 6.07) is 8.57. The van der Waals surface area contributed by atoms with Crippen molar-refractivity contribution in [1.29, 1.82) is 0 Å². The second-order valence-corrected chi connectivity index (χ2v) is 4.87. The predicted molar refractivity (Wildman–Crippen MR) is 79.0 cm³/mol. The highest BCUT2D eigenvalue weighted by molar-refractivity contribution is 6.30. The van der Waals surface area contributed by atoms with Gasteiger partial charge < -0.3 is 9.88 Å². The average molecular weight is 294 g/mol. The van der Waals surface area contributed by atoms with E-state index in [0.29, 0.717) is 17.1 Å². The number of nitrogens with zero attached hydrogens (tertiary/aromatic N) is 2. The van der Waals surface area contributed by atoms with Crippen molar-refractivity contribution >= 4 is 17.3 Å². The molecular formula is C14H16ClN3O2. The molecule has 20 heavy (non-hydrogen) atoms. The Morgan fingerprint density at radius 3 is 2.90 bits per heavy atom. The third-order valence-corrected chi connectivity index (χ3v) is 3.29. The van der Waals surface area contributed by atoms with Crippen molar-refractivity contribution in [3.63, 3.8) is 0 Å². The Balaban J connectivity index is 2.28. The van der Waals surface area contributed by atoms with E-state index in [4.69, 9.17) is 11.6 Å². The van der Waals surface area contributed by atoms with Gasteiger partial charge in [0.15, 0.2) is 0 Å². The summed E-state index contributed by atoms with van der Waals surface area (Å²) >= 11 is 5.94. The fourth-order valence-electron chi connectivity index (χ4n) is 2.06. The molecule has 6 heteroatoms. The molecule has 0 fully saturated rings. The number of aromatic nitrogens is 1. The number of rotatable bonds is 6. The van der Waals surface area contributed by atoms with Crippen LogP contribution in [0.4, 0.5) is 5.69 Å². The molecule has 0 bridgehead atoms. The Bertz CT molecular complexity index is 610. The van der Waals surface area contributed by atoms with Gasteiger partial charge in [-0.15, -0.1) is 0 Å². The molecule has 0 aliphatic rings. The molecule has 2 aromatic rings. The van der Waals surface area contributed by atoms with E-state index >= 15 is 0 Å². The smallest absolute Gasteiger partial charge is 0.274 e. The standard InChI is InChI=1S/C14H16ClN3O2/c1-2-16-9-13-4-3-7-17(13)10-11-8-12(15)5-6-14(11)18(19)20/h3-8,16H,2,9-10H2,1H3. The molecule has 2 rings (SSSR count). The summed E-state index contributed by atoms with van der Waals surface area (Å²) in [5.74, 6) is 0. The molecule has 5 nitrogen and oxygen atoms in total. The Kier molecular flexibility index (Phi) is 4.76. The maximum absolute atomic E-state index is 11.1. The van der Waals surface area contributed by atoms with Crippen molar-refractivity contribution in [1.82, 2.24) is 9.88 Å². The van der Waals surface area contributed by atoms with Crippen LogP contribution in [0.25, 0.3) is 0 Å². The van der Waals surface area contributed by atoms with E-state index in [1.165, 1.54) is 6.07 Å². The molecule has 1 heterocycles. The van der Waals surface area contributed by atoms with E-state index < -0.39 is 0 Å². The Morgan fingerprint density at radius 1 is 1.40 bits per heavy atom. The lowest BCUT2D eigenvalue weighted by molar-refractivity contribution is -0.385. The SMILES string of the molecule is CCNCc1cccn1Cc1cc(Cl)ccc1[N+](=O)[O-]. The molecule has 0 aliphatic carbocycles. The fraction of sp³-hybridized carbons (Fsp3) is 0.286. The molecule has 0 amide bonds. The average Bonchev–Trinajstić information content (AvgIpc) is 2.83. The summed E-state index contributed by atoms with van der Waals surface area (Å²) in [5, 5.41) is 14.8. The van der Waals surface area contributed by atoms with Crippen LogP contribution in [-0.2, 0) is 13.1 Å². The third-order valence-electron chi connectivity index (χ3n) is 3.06. The van der Waals surface area contributed by atoms with Gasteiger partial charge in [-0.1, -0.05) is 18.5 Å². The van der Waals surface area contributed by atoms with Crippen molar-refractivity contribution in [2.45, 2.75) is 20.0 Å². The number of nitro groups is 1. The van der Waals surface area contributed by atoms with Gasteiger partial charge >= 0.3 is 0 Å². The van der Waals surface area contributed by atoms with Crippen molar-refractivity contribution in [2.75, 3.05) is 6.54 Å². The minimum absolute atomic E-state index is 0.0949. The summed E-state index contributed by atoms with van der Waals surface area (Å²) < 4.78 is 1.99. The van der Waals surface area contributed by atoms with Crippen molar-refractivity contribution in [3.05, 3.63) is 62.9 Å². The Morgan fingerprint density at radius 2 is 2.20 bits per heavy atom. The maximum Gasteiger partial charge on any atom is 0.274 e. The largest absolute Gasteiger partial charge is 0.346 e. The lowest BCUT2D eigenvalue weighted by Crippen LogP contribution is -2.15. The highest BCUT2D eigenvalue weighted by Crippen LogP contribution is 2.24. The Hall–Kier alpha value is -1.85. The van der Waals surface area contributed by atoms with Crippen LogP contribution < -0.4 is 5.32 Å². The van der Waals surface area contributed by atoms with E-state index in [-0.39, 0.29) is 10.6 Å². The zero-order valence-electron chi connectivity index (χ0n) is 11.2. The van der Waals surface area contributed by atoms with Crippen LogP contribution >= 0.6 is 11.6 Å². The molecule has 1 aromatic carbocycles. The predicted octanol–water partition coefficient (Wildman–Crippen LogP) is 3.21. The van der Waals surface area contributed by atoms with Crippen LogP contribution in [-0.4, -0.2) is 16.0 Å². The van der Waals surface area contributed by atoms with Gasteiger partial charge in [-0.05, 0) is 30.8 Å². The summed E-state index contributed by atoms with van der Waals surface area (Å²) in [6.07, 6.45) is 1.91. The quantitative estimate of drug-likeness (QED) is 0.657. The first-order valence-corrected chi connectivity index (χ1v) is 6.77. The number of nitro benzene ring substituents is 1. The van der Waals surface area contributed by atoms with Gasteiger partial charge in [-0.25, -0.2) is 0 Å². The van der Waals surface area contributed by atoms with E-state index in [1.807, 2.05) is 29.8 Å². The number of benzene rings is 1. The van der Waals surface area contributed by atoms with Gasteiger partial charge in [0.05, 0.1) is 17.0 Å². The molecule has 1 aromatic heterocycles. The summed E-state index contributed by atoms with van der Waals surface area (Å²) in [4.78, 5) is 10.7. The number of hydrogen-bond acceptors (Lipinski definition) is 3. The highest BCUT2D eigenvalue weighted by atomic mass is 35.5. The van der Waals surface area contributed by atoms with Crippen LogP contribution in [0.2, 0.25) is 5.02 Å². The van der Waals surface area contributed by atoms with Crippen LogP contribution in [0.5, 0.6) is 0 Å². The van der Waals surface area contributed by atoms with Gasteiger partial charge in [0.2, 0.25) is 0 Å². The lowest BCUT2D eigenvalue weighted by atomic mass is 10.2. The van der Waals surface area contributed by atoms with Crippen molar-refractivity contribution in [2.24, 2.45) is 0 Å². The Labute approximate surface area is 122 Å². The zero-order chi connectivity index (χ0) is 14.5. The van der Waals surface area contributed by atoms with Crippen LogP contribution in [0.1, 0.15) is 18.2 Å². The normalized spacial score (nSPS) is 10.7. The second kappa shape index (κ2) is 6.54. The first-order chi connectivity index (χ1) is 9.61. The summed E-state index contributed by atoms with van der Waals surface area (Å²) in [5.41, 5.74) is 1.79. The van der Waals surface area contributed by atoms with Gasteiger partial charge in [-0.3, -0.25) is 10.1 Å². The molecule has 0 radical (unpaired) electrons. The van der Waals surface area contributed by atoms with Gasteiger partial charge in [0.25, 0.3) is 5.69 Å². The molecule has 1 N–H and O–H groups in total. The lowest BCUT2D eigenvalue weighted by Gasteiger charge is -2.10. The van der Waals surface area contributed by atoms with Crippen molar-refractivity contribution in [3.8, 4) is 0 Å². The first kappa shape index (κ1) is 14.6. The summed E-state index contributed by atoms with van der Waals surface area (Å²) in [7, 11) is 0. The number of nitrogens with one attached hydrogen (secondary N) is 1. The molecule has 0 spiro atoms. The van der Waals surface area contributed by atoms with Crippen LogP contribution in [0.15, 0.2) is 36.5 Å². The monoisotopic (exact) mass is 293 g/mol. The molecule has 0 aliphatic heterocycles. The van der Waals surface area contributed by atoms with Gasteiger partial charge in [0, 0.05) is 29.5 Å². The van der Waals surface area contributed by atoms with E-state index in [2.05, 4.69) is 5.32 Å². The fourth-order valence-corrected chi connectivity index (χ4v) is 2.25. The molecule has 0 atom stereocenters. The van der Waals surface area contributed by atoms with E-state index in [9.17, 15) is 10.1 Å². The molecule has 0 unspecified atom stereocenters.